The molecule has 2 fully saturated rings. The number of rotatable bonds is 8. The van der Waals surface area contributed by atoms with Gasteiger partial charge in [-0.1, -0.05) is 39.0 Å². The van der Waals surface area contributed by atoms with Crippen LogP contribution < -0.4 is 15.4 Å². The fraction of sp³-hybridized carbons (Fsp3) is 0.714. The van der Waals surface area contributed by atoms with Crippen molar-refractivity contribution in [2.24, 2.45) is 16.7 Å². The minimum absolute atomic E-state index is 0.481. The molecule has 24 heavy (non-hydrogen) atoms. The van der Waals surface area contributed by atoms with Crippen molar-refractivity contribution < 1.29 is 4.74 Å². The molecule has 2 aliphatic carbocycles. The molecule has 1 aromatic rings. The van der Waals surface area contributed by atoms with Crippen molar-refractivity contribution in [3.63, 3.8) is 0 Å². The van der Waals surface area contributed by atoms with E-state index >= 15 is 0 Å². The topological polar surface area (TPSA) is 33.3 Å². The van der Waals surface area contributed by atoms with Crippen molar-refractivity contribution in [1.29, 1.82) is 0 Å². The summed E-state index contributed by atoms with van der Waals surface area (Å²) in [4.78, 5) is 0. The third kappa shape index (κ3) is 3.09. The van der Waals surface area contributed by atoms with E-state index in [4.69, 9.17) is 4.74 Å². The Labute approximate surface area is 147 Å². The zero-order valence-corrected chi connectivity index (χ0v) is 15.8. The average molecular weight is 331 g/mol. The second kappa shape index (κ2) is 7.05. The Bertz CT molecular complexity index is 557. The van der Waals surface area contributed by atoms with Crippen LogP contribution in [0, 0.1) is 16.7 Å². The van der Waals surface area contributed by atoms with E-state index in [0.29, 0.717) is 16.9 Å². The molecule has 0 amide bonds. The third-order valence-corrected chi connectivity index (χ3v) is 7.25. The predicted molar refractivity (Wildman–Crippen MR) is 101 cm³/mol. The van der Waals surface area contributed by atoms with Gasteiger partial charge in [0.1, 0.15) is 5.75 Å². The maximum absolute atomic E-state index is 5.41. The molecule has 3 heteroatoms. The third-order valence-electron chi connectivity index (χ3n) is 7.25. The first-order valence-corrected chi connectivity index (χ1v) is 9.55. The first-order valence-electron chi connectivity index (χ1n) is 9.55. The van der Waals surface area contributed by atoms with Gasteiger partial charge >= 0.3 is 0 Å². The van der Waals surface area contributed by atoms with Crippen molar-refractivity contribution in [2.45, 2.75) is 52.5 Å². The Kier molecular flexibility index (Phi) is 5.22. The predicted octanol–water partition coefficient (Wildman–Crippen LogP) is 3.63. The average Bonchev–Trinajstić information content (AvgIpc) is 2.91. The molecule has 0 saturated heterocycles. The van der Waals surface area contributed by atoms with Gasteiger partial charge in [0.25, 0.3) is 0 Å². The van der Waals surface area contributed by atoms with E-state index in [9.17, 15) is 0 Å². The van der Waals surface area contributed by atoms with Crippen molar-refractivity contribution in [2.75, 3.05) is 26.7 Å². The molecule has 0 spiro atoms. The van der Waals surface area contributed by atoms with Gasteiger partial charge in [-0.3, -0.25) is 0 Å². The lowest BCUT2D eigenvalue weighted by Crippen LogP contribution is -2.46. The van der Waals surface area contributed by atoms with Crippen LogP contribution in [0.15, 0.2) is 24.3 Å². The van der Waals surface area contributed by atoms with Gasteiger partial charge in [0, 0.05) is 19.1 Å². The first-order chi connectivity index (χ1) is 11.5. The molecule has 2 saturated carbocycles. The Morgan fingerprint density at radius 1 is 1.12 bits per heavy atom. The highest BCUT2D eigenvalue weighted by Gasteiger charge is 2.60. The van der Waals surface area contributed by atoms with Crippen LogP contribution in [0.25, 0.3) is 0 Å². The summed E-state index contributed by atoms with van der Waals surface area (Å²) in [7, 11) is 1.74. The molecular formula is C21H34N2O. The van der Waals surface area contributed by atoms with Crippen LogP contribution in [-0.2, 0) is 6.42 Å². The van der Waals surface area contributed by atoms with Crippen molar-refractivity contribution in [3.8, 4) is 5.75 Å². The highest BCUT2D eigenvalue weighted by molar-refractivity contribution is 5.33. The quantitative estimate of drug-likeness (QED) is 0.714. The van der Waals surface area contributed by atoms with Crippen LogP contribution in [0.2, 0.25) is 0 Å². The molecule has 2 aliphatic rings. The van der Waals surface area contributed by atoms with E-state index in [2.05, 4.69) is 43.5 Å². The van der Waals surface area contributed by atoms with Crippen LogP contribution >= 0.6 is 0 Å². The van der Waals surface area contributed by atoms with E-state index in [1.165, 1.54) is 24.8 Å². The van der Waals surface area contributed by atoms with Gasteiger partial charge in [-0.25, -0.2) is 0 Å². The van der Waals surface area contributed by atoms with E-state index in [0.717, 1.165) is 37.7 Å². The van der Waals surface area contributed by atoms with Gasteiger partial charge in [-0.05, 0) is 60.6 Å². The van der Waals surface area contributed by atoms with Crippen molar-refractivity contribution >= 4 is 0 Å². The summed E-state index contributed by atoms with van der Waals surface area (Å²) >= 11 is 0. The molecular weight excluding hydrogens is 296 g/mol. The maximum Gasteiger partial charge on any atom is 0.122 e. The smallest absolute Gasteiger partial charge is 0.122 e. The highest BCUT2D eigenvalue weighted by Crippen LogP contribution is 2.65. The summed E-state index contributed by atoms with van der Waals surface area (Å²) in [5.74, 6) is 1.91. The Balaban J connectivity index is 1.37. The first kappa shape index (κ1) is 17.8. The molecule has 2 N–H and O–H groups in total. The fourth-order valence-corrected chi connectivity index (χ4v) is 5.10. The minimum Gasteiger partial charge on any atom is -0.496 e. The van der Waals surface area contributed by atoms with Crippen molar-refractivity contribution in [3.05, 3.63) is 29.8 Å². The number of nitrogens with one attached hydrogen (secondary N) is 2. The van der Waals surface area contributed by atoms with Crippen LogP contribution in [-0.4, -0.2) is 32.8 Å². The van der Waals surface area contributed by atoms with E-state index in [1.807, 2.05) is 12.1 Å². The van der Waals surface area contributed by atoms with E-state index < -0.39 is 0 Å². The standard InChI is InChI=1S/C21H34N2O/c1-20(2)17-9-11-21(20,3)19(15-17)23-14-13-22-12-10-16-7-5-6-8-18(16)24-4/h5-8,17,19,22-23H,9-15H2,1-4H3/t17?,19-,21-/m0/s1. The van der Waals surface area contributed by atoms with Crippen LogP contribution in [0.4, 0.5) is 0 Å². The molecule has 2 bridgehead atoms. The molecule has 0 aliphatic heterocycles. The second-order valence-electron chi connectivity index (χ2n) is 8.43. The van der Waals surface area contributed by atoms with Crippen LogP contribution in [0.5, 0.6) is 5.75 Å². The molecule has 3 rings (SSSR count). The largest absolute Gasteiger partial charge is 0.496 e. The molecule has 1 aromatic carbocycles. The lowest BCUT2D eigenvalue weighted by atomic mass is 9.69. The summed E-state index contributed by atoms with van der Waals surface area (Å²) in [6.45, 7) is 10.6. The monoisotopic (exact) mass is 330 g/mol. The molecule has 1 unspecified atom stereocenters. The summed E-state index contributed by atoms with van der Waals surface area (Å²) in [5.41, 5.74) is 2.26. The summed E-state index contributed by atoms with van der Waals surface area (Å²) < 4.78 is 5.41. The molecule has 134 valence electrons. The van der Waals surface area contributed by atoms with Gasteiger partial charge in [-0.2, -0.15) is 0 Å². The van der Waals surface area contributed by atoms with E-state index in [-0.39, 0.29) is 0 Å². The summed E-state index contributed by atoms with van der Waals surface area (Å²) in [6, 6.07) is 8.99. The molecule has 0 aromatic heterocycles. The van der Waals surface area contributed by atoms with Crippen LogP contribution in [0.1, 0.15) is 45.6 Å². The number of benzene rings is 1. The van der Waals surface area contributed by atoms with Crippen LogP contribution in [0.3, 0.4) is 0 Å². The maximum atomic E-state index is 5.41. The van der Waals surface area contributed by atoms with Gasteiger partial charge in [-0.15, -0.1) is 0 Å². The number of fused-ring (bicyclic) bond motifs is 2. The SMILES string of the molecule is COc1ccccc1CCNCCN[C@H]1CC2CC[C@]1(C)C2(C)C. The number of ether oxygens (including phenoxy) is 1. The Morgan fingerprint density at radius 3 is 2.58 bits per heavy atom. The fourth-order valence-electron chi connectivity index (χ4n) is 5.10. The molecule has 0 radical (unpaired) electrons. The lowest BCUT2D eigenvalue weighted by molar-refractivity contribution is 0.121. The van der Waals surface area contributed by atoms with Gasteiger partial charge in [0.15, 0.2) is 0 Å². The molecule has 3 nitrogen and oxygen atoms in total. The van der Waals surface area contributed by atoms with Gasteiger partial charge < -0.3 is 15.4 Å². The number of hydrogen-bond donors (Lipinski definition) is 2. The zero-order valence-electron chi connectivity index (χ0n) is 15.8. The minimum atomic E-state index is 0.481. The lowest BCUT2D eigenvalue weighted by Gasteiger charge is -2.39. The normalized spacial score (nSPS) is 30.7. The Morgan fingerprint density at radius 2 is 1.92 bits per heavy atom. The Hall–Kier alpha value is -1.06. The highest BCUT2D eigenvalue weighted by atomic mass is 16.5. The number of hydrogen-bond acceptors (Lipinski definition) is 3. The van der Waals surface area contributed by atoms with Gasteiger partial charge in [0.05, 0.1) is 7.11 Å². The molecule has 3 atom stereocenters. The number of methoxy groups -OCH3 is 1. The summed E-state index contributed by atoms with van der Waals surface area (Å²) in [6.07, 6.45) is 5.20. The summed E-state index contributed by atoms with van der Waals surface area (Å²) in [5, 5.41) is 7.41. The molecule has 0 heterocycles. The zero-order chi connectivity index (χ0) is 17.2. The van der Waals surface area contributed by atoms with E-state index in [1.54, 1.807) is 7.11 Å². The van der Waals surface area contributed by atoms with Crippen molar-refractivity contribution in [1.82, 2.24) is 10.6 Å². The van der Waals surface area contributed by atoms with Gasteiger partial charge in [0.2, 0.25) is 0 Å². The second-order valence-corrected chi connectivity index (χ2v) is 8.43. The number of para-hydroxylation sites is 1.